The van der Waals surface area contributed by atoms with Crippen molar-refractivity contribution < 1.29 is 26.4 Å². The molecule has 2 amide bonds. The van der Waals surface area contributed by atoms with E-state index >= 15 is 0 Å². The number of carbonyl (C=O) groups excluding carboxylic acids is 2. The van der Waals surface area contributed by atoms with Crippen molar-refractivity contribution in [3.8, 4) is 0 Å². The Morgan fingerprint density at radius 1 is 0.900 bits per heavy atom. The largest absolute Gasteiger partial charge is 0.334 e. The van der Waals surface area contributed by atoms with E-state index in [1.807, 2.05) is 0 Å². The molecule has 2 heterocycles. The first-order valence-electron chi connectivity index (χ1n) is 12.6. The Bertz CT molecular complexity index is 1550. The molecule has 2 aromatic carbocycles. The van der Waals surface area contributed by atoms with Crippen molar-refractivity contribution in [1.29, 1.82) is 0 Å². The lowest BCUT2D eigenvalue weighted by atomic mass is 9.88. The average molecular weight is 650 g/mol. The third-order valence-electron chi connectivity index (χ3n) is 7.53. The molecule has 3 unspecified atom stereocenters. The quantitative estimate of drug-likeness (QED) is 0.492. The second-order valence-electron chi connectivity index (χ2n) is 10.2. The zero-order chi connectivity index (χ0) is 29.0. The van der Waals surface area contributed by atoms with E-state index in [1.165, 1.54) is 23.1 Å². The molecule has 3 aliphatic rings. The summed E-state index contributed by atoms with van der Waals surface area (Å²) in [5.74, 6) is -0.990. The Hall–Kier alpha value is -1.93. The Morgan fingerprint density at radius 2 is 1.55 bits per heavy atom. The molecule has 2 saturated heterocycles. The number of hydrogen-bond donors (Lipinski definition) is 1. The number of sulfonamides is 2. The summed E-state index contributed by atoms with van der Waals surface area (Å²) < 4.78 is 55.9. The van der Waals surface area contributed by atoms with Gasteiger partial charge in [-0.15, -0.1) is 0 Å². The summed E-state index contributed by atoms with van der Waals surface area (Å²) in [4.78, 5) is 30.4. The zero-order valence-corrected chi connectivity index (χ0v) is 25.2. The van der Waals surface area contributed by atoms with Crippen LogP contribution in [0.1, 0.15) is 24.8 Å². The van der Waals surface area contributed by atoms with Crippen LogP contribution in [0, 0.1) is 0 Å². The number of rotatable bonds is 7. The van der Waals surface area contributed by atoms with Gasteiger partial charge in [0, 0.05) is 29.1 Å². The fourth-order valence-electron chi connectivity index (χ4n) is 5.43. The summed E-state index contributed by atoms with van der Waals surface area (Å²) in [5.41, 5.74) is 0.707. The van der Waals surface area contributed by atoms with E-state index in [9.17, 15) is 26.4 Å². The first kappa shape index (κ1) is 29.6. The van der Waals surface area contributed by atoms with Gasteiger partial charge < -0.3 is 9.80 Å². The summed E-state index contributed by atoms with van der Waals surface area (Å²) in [6.45, 7) is -0.531. The molecule has 3 fully saturated rings. The molecular formula is C25H27Cl3N4O6S2. The van der Waals surface area contributed by atoms with Crippen LogP contribution >= 0.6 is 34.8 Å². The highest BCUT2D eigenvalue weighted by Crippen LogP contribution is 2.37. The minimum Gasteiger partial charge on any atom is -0.334 e. The van der Waals surface area contributed by atoms with Gasteiger partial charge in [0.05, 0.1) is 17.8 Å². The van der Waals surface area contributed by atoms with E-state index in [0.717, 1.165) is 29.8 Å². The Kier molecular flexibility index (Phi) is 8.16. The summed E-state index contributed by atoms with van der Waals surface area (Å²) in [6.07, 6.45) is 2.36. The molecule has 0 radical (unpaired) electrons. The summed E-state index contributed by atoms with van der Waals surface area (Å²) >= 11 is 18.3. The lowest BCUT2D eigenvalue weighted by molar-refractivity contribution is -0.170. The number of amides is 2. The number of benzene rings is 2. The number of nitrogens with zero attached hydrogens (tertiary/aromatic N) is 3. The number of fused-ring (bicyclic) bond motifs is 1. The molecule has 0 bridgehead atoms. The van der Waals surface area contributed by atoms with Crippen LogP contribution in [0.4, 0.5) is 0 Å². The minimum absolute atomic E-state index is 0.0532. The maximum absolute atomic E-state index is 14.1. The number of nitrogens with one attached hydrogen (secondary N) is 1. The number of piperazine rings is 1. The maximum atomic E-state index is 14.1. The number of halogens is 3. The predicted octanol–water partition coefficient (Wildman–Crippen LogP) is 2.73. The second kappa shape index (κ2) is 11.0. The topological polar surface area (TPSA) is 124 Å². The van der Waals surface area contributed by atoms with Crippen LogP contribution in [0.25, 0.3) is 0 Å². The first-order chi connectivity index (χ1) is 18.8. The highest BCUT2D eigenvalue weighted by molar-refractivity contribution is 7.89. The third-order valence-corrected chi connectivity index (χ3v) is 11.1. The maximum Gasteiger partial charge on any atom is 0.246 e. The van der Waals surface area contributed by atoms with Gasteiger partial charge >= 0.3 is 0 Å². The molecule has 1 aliphatic carbocycles. The Labute approximate surface area is 248 Å². The van der Waals surface area contributed by atoms with E-state index in [2.05, 4.69) is 4.72 Å². The van der Waals surface area contributed by atoms with Crippen molar-refractivity contribution in [2.45, 2.75) is 54.9 Å². The first-order valence-corrected chi connectivity index (χ1v) is 17.0. The molecule has 15 heteroatoms. The molecule has 1 N–H and O–H groups in total. The van der Waals surface area contributed by atoms with E-state index in [4.69, 9.17) is 34.8 Å². The highest BCUT2D eigenvalue weighted by Gasteiger charge is 2.55. The Balaban J connectivity index is 1.63. The van der Waals surface area contributed by atoms with E-state index < -0.39 is 50.7 Å². The van der Waals surface area contributed by atoms with Crippen molar-refractivity contribution in [2.24, 2.45) is 0 Å². The molecule has 216 valence electrons. The number of hydrogen-bond acceptors (Lipinski definition) is 6. The molecule has 40 heavy (non-hydrogen) atoms. The molecule has 2 aliphatic heterocycles. The summed E-state index contributed by atoms with van der Waals surface area (Å²) in [7, 11) is -8.32. The monoisotopic (exact) mass is 648 g/mol. The third kappa shape index (κ3) is 5.72. The smallest absolute Gasteiger partial charge is 0.246 e. The Morgan fingerprint density at radius 3 is 2.12 bits per heavy atom. The fourth-order valence-corrected chi connectivity index (χ4v) is 8.58. The number of carbonyl (C=O) groups is 2. The standard InChI is InChI=1S/C25H27Cl3N4O6S2/c1-39(35,36)29-20-13-31(40(37,38)22-10-9-17(27)12-19(22)28)23-14-30(18-3-2-4-18)25(34)21(32(23)24(20)33)11-15-5-7-16(26)8-6-15/h5-10,12,18,20-21,23,29H,2-4,11,13-14H2,1H3. The molecular weight excluding hydrogens is 623 g/mol. The van der Waals surface area contributed by atoms with Crippen LogP contribution < -0.4 is 4.72 Å². The van der Waals surface area contributed by atoms with Crippen molar-refractivity contribution in [1.82, 2.24) is 18.8 Å². The van der Waals surface area contributed by atoms with Crippen LogP contribution in [0.3, 0.4) is 0 Å². The van der Waals surface area contributed by atoms with Crippen LogP contribution in [0.15, 0.2) is 47.4 Å². The van der Waals surface area contributed by atoms with Crippen molar-refractivity contribution >= 4 is 66.7 Å². The normalized spacial score (nSPS) is 24.6. The lowest BCUT2D eigenvalue weighted by Gasteiger charge is -2.55. The molecule has 1 saturated carbocycles. The zero-order valence-electron chi connectivity index (χ0n) is 21.3. The fraction of sp³-hybridized carbons (Fsp3) is 0.440. The molecule has 5 rings (SSSR count). The highest BCUT2D eigenvalue weighted by atomic mass is 35.5. The molecule has 10 nitrogen and oxygen atoms in total. The van der Waals surface area contributed by atoms with Crippen LogP contribution in [-0.2, 0) is 36.1 Å². The van der Waals surface area contributed by atoms with Crippen LogP contribution in [-0.4, -0.2) is 86.4 Å². The van der Waals surface area contributed by atoms with Gasteiger partial charge in [0.15, 0.2) is 0 Å². The van der Waals surface area contributed by atoms with Gasteiger partial charge in [-0.05, 0) is 55.2 Å². The van der Waals surface area contributed by atoms with E-state index in [0.29, 0.717) is 10.6 Å². The van der Waals surface area contributed by atoms with Gasteiger partial charge in [0.2, 0.25) is 31.9 Å². The van der Waals surface area contributed by atoms with Crippen LogP contribution in [0.2, 0.25) is 15.1 Å². The second-order valence-corrected chi connectivity index (χ2v) is 15.2. The predicted molar refractivity (Wildman–Crippen MR) is 151 cm³/mol. The van der Waals surface area contributed by atoms with Crippen molar-refractivity contribution in [3.63, 3.8) is 0 Å². The van der Waals surface area contributed by atoms with Crippen molar-refractivity contribution in [3.05, 3.63) is 63.1 Å². The van der Waals surface area contributed by atoms with Gasteiger partial charge in [0.25, 0.3) is 0 Å². The lowest BCUT2D eigenvalue weighted by Crippen LogP contribution is -2.76. The van der Waals surface area contributed by atoms with Gasteiger partial charge in [-0.3, -0.25) is 9.59 Å². The average Bonchev–Trinajstić information content (AvgIpc) is 2.82. The van der Waals surface area contributed by atoms with Crippen LogP contribution in [0.5, 0.6) is 0 Å². The molecule has 0 spiro atoms. The molecule has 0 aromatic heterocycles. The van der Waals surface area contributed by atoms with E-state index in [1.54, 1.807) is 29.2 Å². The van der Waals surface area contributed by atoms with Gasteiger partial charge in [-0.25, -0.2) is 21.6 Å². The van der Waals surface area contributed by atoms with E-state index in [-0.39, 0.29) is 39.9 Å². The van der Waals surface area contributed by atoms with Gasteiger partial charge in [-0.1, -0.05) is 46.9 Å². The summed E-state index contributed by atoms with van der Waals surface area (Å²) in [5, 5.41) is 0.610. The summed E-state index contributed by atoms with van der Waals surface area (Å²) in [6, 6.07) is 8.13. The van der Waals surface area contributed by atoms with Gasteiger partial charge in [-0.2, -0.15) is 4.31 Å². The van der Waals surface area contributed by atoms with Gasteiger partial charge in [0.1, 0.15) is 23.1 Å². The van der Waals surface area contributed by atoms with Crippen molar-refractivity contribution in [2.75, 3.05) is 19.3 Å². The molecule has 3 atom stereocenters. The molecule has 2 aromatic rings. The minimum atomic E-state index is -4.39. The SMILES string of the molecule is CS(=O)(=O)NC1CN(S(=O)(=O)c2ccc(Cl)cc2Cl)C2CN(C3CCC3)C(=O)C(Cc3ccc(Cl)cc3)N2C1=O.